The minimum absolute atomic E-state index is 0.891. The zero-order chi connectivity index (χ0) is 10.8. The maximum absolute atomic E-state index is 3.46. The molecule has 0 atom stereocenters. The van der Waals surface area contributed by atoms with Gasteiger partial charge >= 0.3 is 0 Å². The Morgan fingerprint density at radius 1 is 1.12 bits per heavy atom. The summed E-state index contributed by atoms with van der Waals surface area (Å²) >= 11 is 0. The normalized spacial score (nSPS) is 13.8. The predicted molar refractivity (Wildman–Crippen MR) is 66.6 cm³/mol. The number of H-pyrrole nitrogens is 1. The first-order valence-corrected chi connectivity index (χ1v) is 5.89. The highest BCUT2D eigenvalue weighted by Crippen LogP contribution is 2.25. The molecule has 0 unspecified atom stereocenters. The number of benzene rings is 1. The molecule has 1 aliphatic rings. The van der Waals surface area contributed by atoms with Gasteiger partial charge in [-0.05, 0) is 54.2 Å². The van der Waals surface area contributed by atoms with E-state index in [1.807, 2.05) is 12.4 Å². The molecule has 0 saturated heterocycles. The number of hydrogen-bond donors (Lipinski definition) is 2. The third-order valence-corrected chi connectivity index (χ3v) is 3.26. The number of rotatable bonds is 3. The van der Waals surface area contributed by atoms with E-state index in [0.717, 1.165) is 6.54 Å². The molecule has 0 spiro atoms. The van der Waals surface area contributed by atoms with Crippen LogP contribution in [0.4, 0.5) is 5.69 Å². The maximum Gasteiger partial charge on any atom is 0.0415 e. The fourth-order valence-electron chi connectivity index (χ4n) is 2.35. The highest BCUT2D eigenvalue weighted by molar-refractivity contribution is 5.50. The summed E-state index contributed by atoms with van der Waals surface area (Å²) in [5.41, 5.74) is 5.59. The van der Waals surface area contributed by atoms with E-state index < -0.39 is 0 Å². The number of anilines is 1. The first-order chi connectivity index (χ1) is 7.92. The second-order valence-electron chi connectivity index (χ2n) is 4.41. The highest BCUT2D eigenvalue weighted by Gasteiger charge is 2.10. The van der Waals surface area contributed by atoms with Crippen molar-refractivity contribution in [2.75, 3.05) is 5.32 Å². The Morgan fingerprint density at radius 2 is 2.06 bits per heavy atom. The van der Waals surface area contributed by atoms with Gasteiger partial charge in [0, 0.05) is 24.6 Å². The van der Waals surface area contributed by atoms with Crippen LogP contribution >= 0.6 is 0 Å². The van der Waals surface area contributed by atoms with Gasteiger partial charge < -0.3 is 10.3 Å². The molecule has 2 aromatic rings. The minimum Gasteiger partial charge on any atom is -0.381 e. The van der Waals surface area contributed by atoms with Crippen LogP contribution in [-0.4, -0.2) is 4.98 Å². The first kappa shape index (κ1) is 9.52. The maximum atomic E-state index is 3.46. The van der Waals surface area contributed by atoms with Crippen molar-refractivity contribution in [2.24, 2.45) is 0 Å². The summed E-state index contributed by atoms with van der Waals surface area (Å²) in [5, 5.41) is 3.46. The van der Waals surface area contributed by atoms with Crippen LogP contribution in [0.1, 0.15) is 23.1 Å². The van der Waals surface area contributed by atoms with Gasteiger partial charge in [-0.2, -0.15) is 0 Å². The molecule has 2 heteroatoms. The lowest BCUT2D eigenvalue weighted by atomic mass is 10.1. The van der Waals surface area contributed by atoms with Crippen molar-refractivity contribution in [3.8, 4) is 0 Å². The van der Waals surface area contributed by atoms with Crippen molar-refractivity contribution in [1.82, 2.24) is 4.98 Å². The van der Waals surface area contributed by atoms with Crippen LogP contribution in [0.25, 0.3) is 0 Å². The van der Waals surface area contributed by atoms with Crippen molar-refractivity contribution in [3.63, 3.8) is 0 Å². The van der Waals surface area contributed by atoms with Gasteiger partial charge in [0.1, 0.15) is 0 Å². The molecule has 0 radical (unpaired) electrons. The molecule has 2 N–H and O–H groups in total. The monoisotopic (exact) mass is 212 g/mol. The van der Waals surface area contributed by atoms with Gasteiger partial charge in [0.05, 0.1) is 0 Å². The quantitative estimate of drug-likeness (QED) is 0.803. The number of aromatic amines is 1. The standard InChI is InChI=1S/C14H16N2/c1-2-12-4-5-14(8-13(12)3-1)16-10-11-6-7-15-9-11/h4-9,15-16H,1-3,10H2. The third kappa shape index (κ3) is 1.83. The molecule has 1 aromatic carbocycles. The van der Waals surface area contributed by atoms with E-state index in [-0.39, 0.29) is 0 Å². The van der Waals surface area contributed by atoms with Crippen LogP contribution in [-0.2, 0) is 19.4 Å². The average Bonchev–Trinajstić information content (AvgIpc) is 2.97. The minimum atomic E-state index is 0.891. The van der Waals surface area contributed by atoms with Gasteiger partial charge in [0.15, 0.2) is 0 Å². The van der Waals surface area contributed by atoms with Gasteiger partial charge in [0.25, 0.3) is 0 Å². The summed E-state index contributed by atoms with van der Waals surface area (Å²) in [5.74, 6) is 0. The molecule has 1 aliphatic carbocycles. The number of aromatic nitrogens is 1. The Hall–Kier alpha value is -1.70. The van der Waals surface area contributed by atoms with Crippen molar-refractivity contribution in [3.05, 3.63) is 53.3 Å². The Labute approximate surface area is 95.7 Å². The molecule has 0 amide bonds. The van der Waals surface area contributed by atoms with Crippen LogP contribution in [0.5, 0.6) is 0 Å². The molecular weight excluding hydrogens is 196 g/mol. The van der Waals surface area contributed by atoms with Crippen molar-refractivity contribution in [2.45, 2.75) is 25.8 Å². The average molecular weight is 212 g/mol. The Morgan fingerprint density at radius 3 is 2.94 bits per heavy atom. The van der Waals surface area contributed by atoms with E-state index in [4.69, 9.17) is 0 Å². The first-order valence-electron chi connectivity index (χ1n) is 5.89. The summed E-state index contributed by atoms with van der Waals surface area (Å²) in [7, 11) is 0. The van der Waals surface area contributed by atoms with Gasteiger partial charge in [0.2, 0.25) is 0 Å². The van der Waals surface area contributed by atoms with Gasteiger partial charge in [-0.3, -0.25) is 0 Å². The SMILES string of the molecule is c1cc(CNc2ccc3c(c2)CCC3)c[nH]1. The molecule has 0 fully saturated rings. The molecule has 0 aliphatic heterocycles. The molecule has 1 aromatic heterocycles. The molecule has 16 heavy (non-hydrogen) atoms. The van der Waals surface area contributed by atoms with E-state index in [0.29, 0.717) is 0 Å². The number of aryl methyl sites for hydroxylation is 2. The molecule has 3 rings (SSSR count). The van der Waals surface area contributed by atoms with Gasteiger partial charge in [-0.25, -0.2) is 0 Å². The summed E-state index contributed by atoms with van der Waals surface area (Å²) in [6.45, 7) is 0.891. The van der Waals surface area contributed by atoms with Gasteiger partial charge in [-0.1, -0.05) is 6.07 Å². The van der Waals surface area contributed by atoms with E-state index in [9.17, 15) is 0 Å². The van der Waals surface area contributed by atoms with Crippen LogP contribution in [0.3, 0.4) is 0 Å². The molecule has 2 nitrogen and oxygen atoms in total. The fourth-order valence-corrected chi connectivity index (χ4v) is 2.35. The second kappa shape index (κ2) is 4.05. The second-order valence-corrected chi connectivity index (χ2v) is 4.41. The zero-order valence-electron chi connectivity index (χ0n) is 9.29. The van der Waals surface area contributed by atoms with Crippen LogP contribution in [0, 0.1) is 0 Å². The lowest BCUT2D eigenvalue weighted by molar-refractivity contribution is 0.912. The van der Waals surface area contributed by atoms with Crippen LogP contribution < -0.4 is 5.32 Å². The molecule has 0 bridgehead atoms. The van der Waals surface area contributed by atoms with Crippen molar-refractivity contribution >= 4 is 5.69 Å². The van der Waals surface area contributed by atoms with Gasteiger partial charge in [-0.15, -0.1) is 0 Å². The van der Waals surface area contributed by atoms with Crippen LogP contribution in [0.2, 0.25) is 0 Å². The van der Waals surface area contributed by atoms with Crippen molar-refractivity contribution in [1.29, 1.82) is 0 Å². The summed E-state index contributed by atoms with van der Waals surface area (Å²) < 4.78 is 0. The van der Waals surface area contributed by atoms with E-state index in [1.165, 1.54) is 41.6 Å². The molecule has 0 saturated carbocycles. The van der Waals surface area contributed by atoms with Crippen molar-refractivity contribution < 1.29 is 0 Å². The lowest BCUT2D eigenvalue weighted by Gasteiger charge is -2.07. The number of fused-ring (bicyclic) bond motifs is 1. The Balaban J connectivity index is 1.71. The fraction of sp³-hybridized carbons (Fsp3) is 0.286. The zero-order valence-corrected chi connectivity index (χ0v) is 9.29. The summed E-state index contributed by atoms with van der Waals surface area (Å²) in [6.07, 6.45) is 7.80. The van der Waals surface area contributed by atoms with E-state index in [1.54, 1.807) is 0 Å². The molecule has 82 valence electrons. The molecular formula is C14H16N2. The number of nitrogens with one attached hydrogen (secondary N) is 2. The van der Waals surface area contributed by atoms with Crippen LogP contribution in [0.15, 0.2) is 36.7 Å². The predicted octanol–water partition coefficient (Wildman–Crippen LogP) is 3.12. The lowest BCUT2D eigenvalue weighted by Crippen LogP contribution is -1.98. The largest absolute Gasteiger partial charge is 0.381 e. The topological polar surface area (TPSA) is 27.8 Å². The smallest absolute Gasteiger partial charge is 0.0415 e. The summed E-state index contributed by atoms with van der Waals surface area (Å²) in [6, 6.07) is 8.86. The Bertz CT molecular complexity index is 471. The number of hydrogen-bond acceptors (Lipinski definition) is 1. The third-order valence-electron chi connectivity index (χ3n) is 3.26. The highest BCUT2D eigenvalue weighted by atomic mass is 14.9. The summed E-state index contributed by atoms with van der Waals surface area (Å²) in [4.78, 5) is 3.07. The van der Waals surface area contributed by atoms with E-state index in [2.05, 4.69) is 34.6 Å². The Kier molecular flexibility index (Phi) is 2.41. The van der Waals surface area contributed by atoms with E-state index >= 15 is 0 Å². The molecule has 1 heterocycles.